The van der Waals surface area contributed by atoms with Gasteiger partial charge >= 0.3 is 0 Å². The van der Waals surface area contributed by atoms with Gasteiger partial charge in [0.05, 0.1) is 12.0 Å². The van der Waals surface area contributed by atoms with Crippen molar-refractivity contribution in [1.82, 2.24) is 10.6 Å². The molecule has 2 N–H and O–H groups in total. The van der Waals surface area contributed by atoms with Crippen LogP contribution in [-0.2, 0) is 0 Å². The summed E-state index contributed by atoms with van der Waals surface area (Å²) >= 11 is 5.79. The summed E-state index contributed by atoms with van der Waals surface area (Å²) in [5.41, 5.74) is 2.23. The van der Waals surface area contributed by atoms with Crippen molar-refractivity contribution in [2.24, 2.45) is 4.99 Å². The maximum Gasteiger partial charge on any atom is 0.162 e. The number of fused-ring (bicyclic) bond motifs is 1. The Labute approximate surface area is 83.6 Å². The molecule has 4 heteroatoms. The second-order valence-electron chi connectivity index (χ2n) is 2.56. The van der Waals surface area contributed by atoms with Crippen LogP contribution in [0.15, 0.2) is 27.5 Å². The van der Waals surface area contributed by atoms with Gasteiger partial charge in [0.2, 0.25) is 0 Å². The zero-order valence-electron chi connectivity index (χ0n) is 8.06. The van der Waals surface area contributed by atoms with Crippen molar-refractivity contribution in [3.63, 3.8) is 0 Å². The molecule has 72 valence electrons. The second kappa shape index (κ2) is 4.33. The lowest BCUT2D eigenvalue weighted by Crippen LogP contribution is -2.31. The van der Waals surface area contributed by atoms with Gasteiger partial charge in [0.1, 0.15) is 5.16 Å². The van der Waals surface area contributed by atoms with Crippen molar-refractivity contribution in [3.05, 3.63) is 22.5 Å². The van der Waals surface area contributed by atoms with Gasteiger partial charge in [-0.1, -0.05) is 25.4 Å². The van der Waals surface area contributed by atoms with E-state index < -0.39 is 0 Å². The zero-order valence-corrected chi connectivity index (χ0v) is 8.81. The van der Waals surface area contributed by atoms with Crippen LogP contribution < -0.4 is 10.6 Å². The molecular formula is C9H14ClN3. The summed E-state index contributed by atoms with van der Waals surface area (Å²) in [6, 6.07) is 0. The Morgan fingerprint density at radius 3 is 2.85 bits per heavy atom. The topological polar surface area (TPSA) is 36.4 Å². The molecule has 0 spiro atoms. The van der Waals surface area contributed by atoms with Crippen LogP contribution in [0.2, 0.25) is 0 Å². The van der Waals surface area contributed by atoms with E-state index in [1.54, 1.807) is 6.34 Å². The van der Waals surface area contributed by atoms with Crippen LogP contribution in [0, 0.1) is 0 Å². The molecule has 0 aliphatic carbocycles. The summed E-state index contributed by atoms with van der Waals surface area (Å²) in [4.78, 5) is 4.13. The van der Waals surface area contributed by atoms with Crippen molar-refractivity contribution < 1.29 is 0 Å². The summed E-state index contributed by atoms with van der Waals surface area (Å²) < 4.78 is 0. The van der Waals surface area contributed by atoms with Crippen molar-refractivity contribution in [2.75, 3.05) is 0 Å². The third-order valence-corrected chi connectivity index (χ3v) is 1.98. The smallest absolute Gasteiger partial charge is 0.162 e. The Kier molecular flexibility index (Phi) is 3.37. The van der Waals surface area contributed by atoms with E-state index in [1.165, 1.54) is 0 Å². The van der Waals surface area contributed by atoms with E-state index in [0.29, 0.717) is 5.16 Å². The van der Waals surface area contributed by atoms with E-state index in [1.807, 2.05) is 26.8 Å². The monoisotopic (exact) mass is 199 g/mol. The first-order chi connectivity index (χ1) is 6.27. The quantitative estimate of drug-likeness (QED) is 0.585. The molecule has 2 aliphatic heterocycles. The van der Waals surface area contributed by atoms with E-state index in [-0.39, 0.29) is 6.17 Å². The first-order valence-corrected chi connectivity index (χ1v) is 4.78. The second-order valence-corrected chi connectivity index (χ2v) is 2.97. The number of hydrogen-bond donors (Lipinski definition) is 2. The van der Waals surface area contributed by atoms with Crippen LogP contribution in [-0.4, -0.2) is 12.5 Å². The van der Waals surface area contributed by atoms with Crippen LogP contribution in [0.5, 0.6) is 0 Å². The fraction of sp³-hybridized carbons (Fsp3) is 0.444. The van der Waals surface area contributed by atoms with Crippen LogP contribution >= 0.6 is 11.6 Å². The normalized spacial score (nSPS) is 23.7. The van der Waals surface area contributed by atoms with Crippen molar-refractivity contribution in [3.8, 4) is 0 Å². The molecule has 2 aliphatic rings. The Bertz CT molecular complexity index is 279. The number of dihydropyridines is 1. The van der Waals surface area contributed by atoms with Gasteiger partial charge in [-0.15, -0.1) is 0 Å². The number of rotatable bonds is 0. The third kappa shape index (κ3) is 2.04. The highest BCUT2D eigenvalue weighted by molar-refractivity contribution is 6.29. The Hall–Kier alpha value is -0.960. The number of nitrogens with one attached hydrogen (secondary N) is 2. The van der Waals surface area contributed by atoms with Crippen LogP contribution in [0.4, 0.5) is 0 Å². The largest absolute Gasteiger partial charge is 0.349 e. The molecule has 0 radical (unpaired) electrons. The van der Waals surface area contributed by atoms with Crippen molar-refractivity contribution in [2.45, 2.75) is 26.9 Å². The highest BCUT2D eigenvalue weighted by atomic mass is 35.5. The van der Waals surface area contributed by atoms with E-state index in [9.17, 15) is 0 Å². The standard InChI is InChI=1S/C7H8ClN3.C2H6/c1-4-2-5(8)11-7-6(4)9-3-10-7;1-2/h2-3,7,11H,1H3,(H,9,10);1-2H3. The molecule has 2 rings (SSSR count). The predicted octanol–water partition coefficient (Wildman–Crippen LogP) is 1.93. The molecule has 0 aromatic rings. The SMILES string of the molecule is CC.CC1=C2NC=NC2NC(Cl)=C1. The lowest BCUT2D eigenvalue weighted by atomic mass is 10.1. The molecule has 0 aromatic carbocycles. The lowest BCUT2D eigenvalue weighted by molar-refractivity contribution is 0.678. The maximum absolute atomic E-state index is 5.79. The highest BCUT2D eigenvalue weighted by Gasteiger charge is 2.22. The molecule has 13 heavy (non-hydrogen) atoms. The van der Waals surface area contributed by atoms with Crippen molar-refractivity contribution >= 4 is 17.9 Å². The van der Waals surface area contributed by atoms with Gasteiger partial charge in [-0.2, -0.15) is 0 Å². The zero-order chi connectivity index (χ0) is 9.84. The van der Waals surface area contributed by atoms with Gasteiger partial charge in [0.15, 0.2) is 6.17 Å². The fourth-order valence-corrected chi connectivity index (χ4v) is 1.48. The van der Waals surface area contributed by atoms with Crippen LogP contribution in [0.25, 0.3) is 0 Å². The summed E-state index contributed by atoms with van der Waals surface area (Å²) in [6.45, 7) is 6.01. The summed E-state index contributed by atoms with van der Waals surface area (Å²) in [7, 11) is 0. The first-order valence-electron chi connectivity index (χ1n) is 4.40. The predicted molar refractivity (Wildman–Crippen MR) is 56.5 cm³/mol. The minimum Gasteiger partial charge on any atom is -0.349 e. The fourth-order valence-electron chi connectivity index (χ4n) is 1.21. The lowest BCUT2D eigenvalue weighted by Gasteiger charge is -2.18. The highest BCUT2D eigenvalue weighted by Crippen LogP contribution is 2.20. The van der Waals surface area contributed by atoms with Gasteiger partial charge in [0.25, 0.3) is 0 Å². The number of hydrogen-bond acceptors (Lipinski definition) is 3. The molecule has 0 fully saturated rings. The number of allylic oxidation sites excluding steroid dienone is 2. The third-order valence-electron chi connectivity index (χ3n) is 1.76. The van der Waals surface area contributed by atoms with Gasteiger partial charge in [-0.05, 0) is 18.6 Å². The summed E-state index contributed by atoms with van der Waals surface area (Å²) in [6.07, 6.45) is 3.57. The average Bonchev–Trinajstić information content (AvgIpc) is 2.55. The van der Waals surface area contributed by atoms with E-state index >= 15 is 0 Å². The first kappa shape index (κ1) is 10.1. The summed E-state index contributed by atoms with van der Waals surface area (Å²) in [5, 5.41) is 6.72. The summed E-state index contributed by atoms with van der Waals surface area (Å²) in [5.74, 6) is 0. The maximum atomic E-state index is 5.79. The van der Waals surface area contributed by atoms with Gasteiger partial charge in [-0.25, -0.2) is 4.99 Å². The minimum absolute atomic E-state index is 0.00694. The molecule has 2 heterocycles. The molecule has 3 nitrogen and oxygen atoms in total. The average molecular weight is 200 g/mol. The number of aliphatic imine (C=N–C) groups is 1. The van der Waals surface area contributed by atoms with Crippen LogP contribution in [0.1, 0.15) is 20.8 Å². The minimum atomic E-state index is 0.00694. The van der Waals surface area contributed by atoms with Gasteiger partial charge < -0.3 is 10.6 Å². The molecule has 0 amide bonds. The number of nitrogens with zero attached hydrogens (tertiary/aromatic N) is 1. The molecule has 0 saturated heterocycles. The molecule has 0 saturated carbocycles. The number of halogens is 1. The van der Waals surface area contributed by atoms with E-state index in [2.05, 4.69) is 15.6 Å². The van der Waals surface area contributed by atoms with Gasteiger partial charge in [0, 0.05) is 0 Å². The van der Waals surface area contributed by atoms with Crippen molar-refractivity contribution in [1.29, 1.82) is 0 Å². The molecule has 1 unspecified atom stereocenters. The van der Waals surface area contributed by atoms with E-state index in [4.69, 9.17) is 11.6 Å². The molecule has 0 aromatic heterocycles. The molecular weight excluding hydrogens is 186 g/mol. The Balaban J connectivity index is 0.000000396. The molecule has 1 atom stereocenters. The van der Waals surface area contributed by atoms with Gasteiger partial charge in [-0.3, -0.25) is 0 Å². The Morgan fingerprint density at radius 1 is 1.46 bits per heavy atom. The van der Waals surface area contributed by atoms with E-state index in [0.717, 1.165) is 11.3 Å². The molecule has 0 bridgehead atoms. The Morgan fingerprint density at radius 2 is 2.15 bits per heavy atom. The van der Waals surface area contributed by atoms with Crippen LogP contribution in [0.3, 0.4) is 0 Å².